The molecule has 3 amide bonds. The van der Waals surface area contributed by atoms with Crippen LogP contribution in [0.5, 0.6) is 0 Å². The normalized spacial score (nSPS) is 18.9. The van der Waals surface area contributed by atoms with Crippen LogP contribution in [0.4, 0.5) is 0 Å². The molecule has 1 aromatic carbocycles. The van der Waals surface area contributed by atoms with Gasteiger partial charge in [0.25, 0.3) is 16.0 Å². The van der Waals surface area contributed by atoms with Crippen LogP contribution >= 0.6 is 0 Å². The molecule has 0 spiro atoms. The first-order valence-electron chi connectivity index (χ1n) is 9.36. The van der Waals surface area contributed by atoms with Gasteiger partial charge < -0.3 is 4.90 Å². The second-order valence-corrected chi connectivity index (χ2v) is 8.67. The lowest BCUT2D eigenvalue weighted by molar-refractivity contribution is -0.136. The molecule has 154 valence electrons. The molecule has 8 nitrogen and oxygen atoms in total. The van der Waals surface area contributed by atoms with E-state index in [2.05, 4.69) is 21.3 Å². The Morgan fingerprint density at radius 1 is 1.24 bits per heavy atom. The number of fused-ring (bicyclic) bond motifs is 1. The van der Waals surface area contributed by atoms with Crippen molar-refractivity contribution in [3.8, 4) is 11.8 Å². The van der Waals surface area contributed by atoms with Crippen molar-refractivity contribution >= 4 is 27.8 Å². The predicted octanol–water partition coefficient (Wildman–Crippen LogP) is 0.946. The first-order chi connectivity index (χ1) is 13.8. The average molecular weight is 418 g/mol. The molecule has 1 fully saturated rings. The van der Waals surface area contributed by atoms with Gasteiger partial charge in [-0.1, -0.05) is 24.0 Å². The molecule has 0 bridgehead atoms. The summed E-state index contributed by atoms with van der Waals surface area (Å²) < 4.78 is 26.5. The molecular weight excluding hydrogens is 396 g/mol. The molecule has 29 heavy (non-hydrogen) atoms. The number of benzene rings is 1. The van der Waals surface area contributed by atoms with Crippen LogP contribution in [0.2, 0.25) is 0 Å². The Balaban J connectivity index is 1.63. The highest BCUT2D eigenvalue weighted by molar-refractivity contribution is 7.85. The van der Waals surface area contributed by atoms with E-state index >= 15 is 0 Å². The number of nitrogens with zero attached hydrogens (tertiary/aromatic N) is 1. The van der Waals surface area contributed by atoms with Crippen molar-refractivity contribution in [2.75, 3.05) is 12.9 Å². The van der Waals surface area contributed by atoms with E-state index in [1.54, 1.807) is 6.07 Å². The molecule has 2 aliphatic heterocycles. The fourth-order valence-corrected chi connectivity index (χ4v) is 3.82. The first-order valence-corrected chi connectivity index (χ1v) is 11.2. The van der Waals surface area contributed by atoms with E-state index in [1.807, 2.05) is 12.1 Å². The number of hydrogen-bond donors (Lipinski definition) is 1. The summed E-state index contributed by atoms with van der Waals surface area (Å²) in [7, 11) is -3.42. The lowest BCUT2D eigenvalue weighted by Gasteiger charge is -2.29. The quantitative estimate of drug-likeness (QED) is 0.319. The Hall–Kier alpha value is -2.70. The second-order valence-electron chi connectivity index (χ2n) is 7.02. The Bertz CT molecular complexity index is 1010. The van der Waals surface area contributed by atoms with Crippen LogP contribution in [0.3, 0.4) is 0 Å². The molecule has 1 unspecified atom stereocenters. The molecule has 1 N–H and O–H groups in total. The first kappa shape index (κ1) is 21.0. The number of rotatable bonds is 6. The summed E-state index contributed by atoms with van der Waals surface area (Å²) >= 11 is 0. The molecule has 2 heterocycles. The number of hydrogen-bond acceptors (Lipinski definition) is 6. The van der Waals surface area contributed by atoms with Crippen molar-refractivity contribution < 1.29 is 27.0 Å². The summed E-state index contributed by atoms with van der Waals surface area (Å²) in [6.45, 7) is 0.444. The molecule has 9 heteroatoms. The lowest BCUT2D eigenvalue weighted by Crippen LogP contribution is -2.52. The van der Waals surface area contributed by atoms with Crippen molar-refractivity contribution in [1.29, 1.82) is 0 Å². The van der Waals surface area contributed by atoms with E-state index < -0.39 is 22.1 Å². The summed E-state index contributed by atoms with van der Waals surface area (Å²) in [6, 6.07) is 4.78. The summed E-state index contributed by atoms with van der Waals surface area (Å²) in [4.78, 5) is 37.9. The van der Waals surface area contributed by atoms with Crippen LogP contribution < -0.4 is 5.32 Å². The van der Waals surface area contributed by atoms with Crippen molar-refractivity contribution in [2.45, 2.75) is 44.7 Å². The zero-order valence-corrected chi connectivity index (χ0v) is 16.9. The zero-order valence-electron chi connectivity index (χ0n) is 16.1. The number of imide groups is 1. The van der Waals surface area contributed by atoms with E-state index in [-0.39, 0.29) is 24.8 Å². The van der Waals surface area contributed by atoms with Crippen LogP contribution in [0.1, 0.15) is 53.6 Å². The molecule has 0 saturated carbocycles. The lowest BCUT2D eigenvalue weighted by atomic mass is 10.0. The van der Waals surface area contributed by atoms with Gasteiger partial charge >= 0.3 is 0 Å². The van der Waals surface area contributed by atoms with E-state index in [0.29, 0.717) is 43.4 Å². The Labute approximate surface area is 169 Å². The van der Waals surface area contributed by atoms with E-state index in [4.69, 9.17) is 0 Å². The summed E-state index contributed by atoms with van der Waals surface area (Å²) in [5, 5.41) is 2.29. The second kappa shape index (κ2) is 8.76. The molecule has 0 aliphatic carbocycles. The third-order valence-corrected chi connectivity index (χ3v) is 5.36. The van der Waals surface area contributed by atoms with Gasteiger partial charge in [-0.2, -0.15) is 8.42 Å². The maximum atomic E-state index is 12.9. The van der Waals surface area contributed by atoms with Crippen molar-refractivity contribution in [1.82, 2.24) is 10.2 Å². The fourth-order valence-electron chi connectivity index (χ4n) is 3.40. The number of carbonyl (C=O) groups is 3. The standard InChI is InChI=1S/C20H22N2O6S/c1-29(26,27)28-12-5-3-2-4-7-14-8-6-9-15-13-22(20(25)18(14)15)16-10-11-17(23)21-19(16)24/h6,8-9,16H,2-3,5,10-13H2,1H3,(H,21,23,24). The van der Waals surface area contributed by atoms with Crippen LogP contribution in [-0.2, 0) is 30.4 Å². The van der Waals surface area contributed by atoms with Gasteiger partial charge in [-0.3, -0.25) is 23.9 Å². The molecule has 0 aromatic heterocycles. The maximum absolute atomic E-state index is 12.9. The molecular formula is C20H22N2O6S. The Morgan fingerprint density at radius 3 is 2.76 bits per heavy atom. The molecule has 1 saturated heterocycles. The van der Waals surface area contributed by atoms with Gasteiger partial charge in [0.1, 0.15) is 6.04 Å². The predicted molar refractivity (Wildman–Crippen MR) is 104 cm³/mol. The SMILES string of the molecule is CS(=O)(=O)OCCCCC#Cc1cccc2c1C(=O)N(C1CCC(=O)NC1=O)C2. The minimum absolute atomic E-state index is 0.126. The van der Waals surface area contributed by atoms with Gasteiger partial charge in [0, 0.05) is 24.9 Å². The number of amides is 3. The molecule has 1 aromatic rings. The monoisotopic (exact) mass is 418 g/mol. The zero-order chi connectivity index (χ0) is 21.0. The number of piperidine rings is 1. The van der Waals surface area contributed by atoms with E-state index in [9.17, 15) is 22.8 Å². The third-order valence-electron chi connectivity index (χ3n) is 4.77. The van der Waals surface area contributed by atoms with Gasteiger partial charge in [-0.25, -0.2) is 0 Å². The van der Waals surface area contributed by atoms with Crippen LogP contribution in [0.25, 0.3) is 0 Å². The van der Waals surface area contributed by atoms with Crippen molar-refractivity contribution in [2.24, 2.45) is 0 Å². The van der Waals surface area contributed by atoms with Gasteiger partial charge in [0.15, 0.2) is 0 Å². The summed E-state index contributed by atoms with van der Waals surface area (Å²) in [5.74, 6) is 5.02. The highest BCUT2D eigenvalue weighted by atomic mass is 32.2. The summed E-state index contributed by atoms with van der Waals surface area (Å²) in [6.07, 6.45) is 3.33. The Morgan fingerprint density at radius 2 is 2.03 bits per heavy atom. The molecule has 1 atom stereocenters. The van der Waals surface area contributed by atoms with Gasteiger partial charge in [-0.15, -0.1) is 0 Å². The minimum atomic E-state index is -3.42. The van der Waals surface area contributed by atoms with Gasteiger partial charge in [0.2, 0.25) is 11.8 Å². The fraction of sp³-hybridized carbons (Fsp3) is 0.450. The molecule has 3 rings (SSSR count). The number of carbonyl (C=O) groups excluding carboxylic acids is 3. The number of nitrogens with one attached hydrogen (secondary N) is 1. The van der Waals surface area contributed by atoms with E-state index in [1.165, 1.54) is 4.90 Å². The van der Waals surface area contributed by atoms with Gasteiger partial charge in [-0.05, 0) is 30.9 Å². The van der Waals surface area contributed by atoms with Crippen LogP contribution in [0.15, 0.2) is 18.2 Å². The molecule has 0 radical (unpaired) electrons. The smallest absolute Gasteiger partial charge is 0.264 e. The highest BCUT2D eigenvalue weighted by Crippen LogP contribution is 2.29. The summed E-state index contributed by atoms with van der Waals surface area (Å²) in [5.41, 5.74) is 1.92. The number of unbranched alkanes of at least 4 members (excludes halogenated alkanes) is 2. The van der Waals surface area contributed by atoms with E-state index in [0.717, 1.165) is 11.8 Å². The van der Waals surface area contributed by atoms with Crippen molar-refractivity contribution in [3.05, 3.63) is 34.9 Å². The van der Waals surface area contributed by atoms with Crippen molar-refractivity contribution in [3.63, 3.8) is 0 Å². The highest BCUT2D eigenvalue weighted by Gasteiger charge is 2.39. The topological polar surface area (TPSA) is 110 Å². The van der Waals surface area contributed by atoms with Crippen LogP contribution in [-0.4, -0.2) is 49.9 Å². The van der Waals surface area contributed by atoms with Crippen LogP contribution in [0, 0.1) is 11.8 Å². The third kappa shape index (κ3) is 5.22. The minimum Gasteiger partial charge on any atom is -0.322 e. The van der Waals surface area contributed by atoms with Gasteiger partial charge in [0.05, 0.1) is 18.4 Å². The largest absolute Gasteiger partial charge is 0.322 e. The maximum Gasteiger partial charge on any atom is 0.264 e. The Kier molecular flexibility index (Phi) is 6.35. The molecule has 2 aliphatic rings. The average Bonchev–Trinajstić information content (AvgIpc) is 2.97.